The van der Waals surface area contributed by atoms with E-state index in [1.54, 1.807) is 0 Å². The summed E-state index contributed by atoms with van der Waals surface area (Å²) >= 11 is 6.21. The van der Waals surface area contributed by atoms with Gasteiger partial charge in [-0.25, -0.2) is 4.98 Å². The average Bonchev–Trinajstić information content (AvgIpc) is 3.11. The van der Waals surface area contributed by atoms with Crippen molar-refractivity contribution in [3.8, 4) is 11.3 Å². The van der Waals surface area contributed by atoms with Crippen LogP contribution < -0.4 is 5.32 Å². The van der Waals surface area contributed by atoms with Gasteiger partial charge in [0.25, 0.3) is 0 Å². The molecule has 0 bridgehead atoms. The molecule has 1 saturated carbocycles. The summed E-state index contributed by atoms with van der Waals surface area (Å²) in [4.78, 5) is 7.96. The Morgan fingerprint density at radius 2 is 2.17 bits per heavy atom. The molecule has 2 N–H and O–H groups in total. The van der Waals surface area contributed by atoms with E-state index < -0.39 is 0 Å². The van der Waals surface area contributed by atoms with E-state index >= 15 is 0 Å². The molecule has 0 radical (unpaired) electrons. The second-order valence-electron chi connectivity index (χ2n) is 4.79. The Kier molecular flexibility index (Phi) is 3.10. The lowest BCUT2D eigenvalue weighted by atomic mass is 10.1. The summed E-state index contributed by atoms with van der Waals surface area (Å²) in [5.41, 5.74) is 3.01. The Balaban J connectivity index is 1.85. The van der Waals surface area contributed by atoms with Gasteiger partial charge >= 0.3 is 0 Å². The van der Waals surface area contributed by atoms with Crippen LogP contribution in [-0.4, -0.2) is 16.0 Å². The highest BCUT2D eigenvalue weighted by Gasteiger charge is 2.21. The lowest BCUT2D eigenvalue weighted by Gasteiger charge is -2.01. The van der Waals surface area contributed by atoms with Crippen LogP contribution in [0.3, 0.4) is 0 Å². The van der Waals surface area contributed by atoms with Gasteiger partial charge in [-0.3, -0.25) is 0 Å². The number of hydrogen-bond acceptors (Lipinski definition) is 2. The molecule has 94 valence electrons. The lowest BCUT2D eigenvalue weighted by molar-refractivity contribution is 0.663. The quantitative estimate of drug-likeness (QED) is 0.887. The zero-order chi connectivity index (χ0) is 12.5. The monoisotopic (exact) mass is 261 g/mol. The van der Waals surface area contributed by atoms with E-state index in [1.807, 2.05) is 31.2 Å². The first-order valence-corrected chi connectivity index (χ1v) is 6.65. The van der Waals surface area contributed by atoms with E-state index in [9.17, 15) is 0 Å². The number of imidazole rings is 1. The fraction of sp³-hybridized carbons (Fsp3) is 0.357. The third-order valence-corrected chi connectivity index (χ3v) is 3.53. The molecule has 1 fully saturated rings. The van der Waals surface area contributed by atoms with Crippen molar-refractivity contribution in [2.75, 3.05) is 0 Å². The van der Waals surface area contributed by atoms with Crippen molar-refractivity contribution in [1.82, 2.24) is 15.3 Å². The molecule has 1 aliphatic carbocycles. The molecular formula is C14H16ClN3. The maximum absolute atomic E-state index is 6.21. The molecule has 3 nitrogen and oxygen atoms in total. The standard InChI is InChI=1S/C14H16ClN3/c1-9-14(11-4-2-3-5-12(11)15)18-13(17-9)8-16-10-6-7-10/h2-5,10,16H,6-8H2,1H3,(H,17,18). The molecule has 1 aliphatic rings. The summed E-state index contributed by atoms with van der Waals surface area (Å²) in [5, 5.41) is 4.20. The normalized spacial score (nSPS) is 15.0. The lowest BCUT2D eigenvalue weighted by Crippen LogP contribution is -2.16. The predicted molar refractivity (Wildman–Crippen MR) is 73.6 cm³/mol. The van der Waals surface area contributed by atoms with Crippen LogP contribution in [0.25, 0.3) is 11.3 Å². The van der Waals surface area contributed by atoms with E-state index in [4.69, 9.17) is 11.6 Å². The minimum atomic E-state index is 0.694. The van der Waals surface area contributed by atoms with Gasteiger partial charge in [0, 0.05) is 17.3 Å². The van der Waals surface area contributed by atoms with Gasteiger partial charge in [0.15, 0.2) is 0 Å². The van der Waals surface area contributed by atoms with E-state index in [0.717, 1.165) is 34.3 Å². The third kappa shape index (κ3) is 2.42. The Morgan fingerprint density at radius 3 is 2.89 bits per heavy atom. The topological polar surface area (TPSA) is 40.7 Å². The maximum Gasteiger partial charge on any atom is 0.121 e. The Morgan fingerprint density at radius 1 is 1.39 bits per heavy atom. The molecule has 4 heteroatoms. The van der Waals surface area contributed by atoms with Crippen LogP contribution in [0.2, 0.25) is 5.02 Å². The zero-order valence-electron chi connectivity index (χ0n) is 10.3. The Labute approximate surface area is 112 Å². The van der Waals surface area contributed by atoms with Gasteiger partial charge in [0.1, 0.15) is 5.82 Å². The van der Waals surface area contributed by atoms with E-state index in [-0.39, 0.29) is 0 Å². The summed E-state index contributed by atoms with van der Waals surface area (Å²) in [6.07, 6.45) is 2.58. The molecule has 0 spiro atoms. The van der Waals surface area contributed by atoms with Gasteiger partial charge in [-0.15, -0.1) is 0 Å². The molecule has 3 rings (SSSR count). The molecular weight excluding hydrogens is 246 g/mol. The summed E-state index contributed by atoms with van der Waals surface area (Å²) in [6.45, 7) is 2.84. The number of benzene rings is 1. The molecule has 0 saturated heterocycles. The SMILES string of the molecule is Cc1[nH]c(CNC2CC2)nc1-c1ccccc1Cl. The van der Waals surface area contributed by atoms with Crippen LogP contribution in [0.1, 0.15) is 24.4 Å². The van der Waals surface area contributed by atoms with Crippen molar-refractivity contribution < 1.29 is 0 Å². The van der Waals surface area contributed by atoms with E-state index in [1.165, 1.54) is 12.8 Å². The van der Waals surface area contributed by atoms with Gasteiger partial charge < -0.3 is 10.3 Å². The predicted octanol–water partition coefficient (Wildman–Crippen LogP) is 3.29. The van der Waals surface area contributed by atoms with Gasteiger partial charge in [0.05, 0.1) is 17.3 Å². The van der Waals surface area contributed by atoms with Crippen molar-refractivity contribution in [3.05, 3.63) is 40.8 Å². The number of H-pyrrole nitrogens is 1. The second-order valence-corrected chi connectivity index (χ2v) is 5.20. The average molecular weight is 262 g/mol. The summed E-state index contributed by atoms with van der Waals surface area (Å²) in [7, 11) is 0. The number of nitrogens with one attached hydrogen (secondary N) is 2. The molecule has 18 heavy (non-hydrogen) atoms. The first-order valence-electron chi connectivity index (χ1n) is 6.28. The van der Waals surface area contributed by atoms with Gasteiger partial charge in [-0.05, 0) is 25.8 Å². The number of aromatic amines is 1. The van der Waals surface area contributed by atoms with Crippen molar-refractivity contribution in [3.63, 3.8) is 0 Å². The zero-order valence-corrected chi connectivity index (χ0v) is 11.1. The summed E-state index contributed by atoms with van der Waals surface area (Å²) in [6, 6.07) is 8.51. The smallest absolute Gasteiger partial charge is 0.121 e. The van der Waals surface area contributed by atoms with Crippen LogP contribution in [0, 0.1) is 6.92 Å². The summed E-state index contributed by atoms with van der Waals surface area (Å²) in [5.74, 6) is 0.981. The molecule has 1 aromatic carbocycles. The number of halogens is 1. The van der Waals surface area contributed by atoms with E-state index in [0.29, 0.717) is 6.04 Å². The Hall–Kier alpha value is -1.32. The van der Waals surface area contributed by atoms with Gasteiger partial charge in [-0.2, -0.15) is 0 Å². The fourth-order valence-electron chi connectivity index (χ4n) is 2.05. The number of aryl methyl sites for hydroxylation is 1. The van der Waals surface area contributed by atoms with Crippen LogP contribution >= 0.6 is 11.6 Å². The second kappa shape index (κ2) is 4.75. The molecule has 0 aliphatic heterocycles. The van der Waals surface area contributed by atoms with Crippen molar-refractivity contribution in [2.45, 2.75) is 32.4 Å². The number of nitrogens with zero attached hydrogens (tertiary/aromatic N) is 1. The summed E-state index contributed by atoms with van der Waals surface area (Å²) < 4.78 is 0. The van der Waals surface area contributed by atoms with Crippen molar-refractivity contribution >= 4 is 11.6 Å². The highest BCUT2D eigenvalue weighted by molar-refractivity contribution is 6.33. The molecule has 1 aromatic heterocycles. The van der Waals surface area contributed by atoms with Crippen molar-refractivity contribution in [1.29, 1.82) is 0 Å². The van der Waals surface area contributed by atoms with Crippen LogP contribution in [0.15, 0.2) is 24.3 Å². The number of aromatic nitrogens is 2. The highest BCUT2D eigenvalue weighted by Crippen LogP contribution is 2.28. The number of rotatable bonds is 4. The molecule has 2 aromatic rings. The molecule has 0 amide bonds. The van der Waals surface area contributed by atoms with Gasteiger partial charge in [0.2, 0.25) is 0 Å². The number of hydrogen-bond donors (Lipinski definition) is 2. The first kappa shape index (κ1) is 11.8. The molecule has 0 unspecified atom stereocenters. The third-order valence-electron chi connectivity index (χ3n) is 3.20. The van der Waals surface area contributed by atoms with Crippen LogP contribution in [-0.2, 0) is 6.54 Å². The maximum atomic E-state index is 6.21. The van der Waals surface area contributed by atoms with Crippen LogP contribution in [0.4, 0.5) is 0 Å². The molecule has 0 atom stereocenters. The fourth-order valence-corrected chi connectivity index (χ4v) is 2.28. The first-order chi connectivity index (χ1) is 8.74. The van der Waals surface area contributed by atoms with Crippen LogP contribution in [0.5, 0.6) is 0 Å². The molecule has 1 heterocycles. The van der Waals surface area contributed by atoms with Gasteiger partial charge in [-0.1, -0.05) is 29.8 Å². The van der Waals surface area contributed by atoms with Crippen molar-refractivity contribution in [2.24, 2.45) is 0 Å². The largest absolute Gasteiger partial charge is 0.344 e. The Bertz CT molecular complexity index is 558. The minimum Gasteiger partial charge on any atom is -0.344 e. The van der Waals surface area contributed by atoms with E-state index in [2.05, 4.69) is 15.3 Å². The highest BCUT2D eigenvalue weighted by atomic mass is 35.5. The minimum absolute atomic E-state index is 0.694.